The van der Waals surface area contributed by atoms with Crippen molar-refractivity contribution in [1.82, 2.24) is 4.90 Å². The summed E-state index contributed by atoms with van der Waals surface area (Å²) in [5, 5.41) is 0.257. The lowest BCUT2D eigenvalue weighted by Crippen LogP contribution is -2.27. The van der Waals surface area contributed by atoms with Crippen molar-refractivity contribution in [3.63, 3.8) is 0 Å². The molecule has 4 rings (SSSR count). The first-order valence-electron chi connectivity index (χ1n) is 10.8. The summed E-state index contributed by atoms with van der Waals surface area (Å²) in [5.41, 5.74) is 2.06. The van der Waals surface area contributed by atoms with E-state index in [0.29, 0.717) is 33.6 Å². The summed E-state index contributed by atoms with van der Waals surface area (Å²) in [6.07, 6.45) is 3.36. The number of rotatable bonds is 8. The second-order valence-corrected chi connectivity index (χ2v) is 9.09. The summed E-state index contributed by atoms with van der Waals surface area (Å²) in [5.74, 6) is 0.316. The lowest BCUT2D eigenvalue weighted by Gasteiger charge is -2.12. The van der Waals surface area contributed by atoms with Crippen LogP contribution in [0.3, 0.4) is 0 Å². The van der Waals surface area contributed by atoms with Gasteiger partial charge in [-0.25, -0.2) is 4.79 Å². The maximum atomic E-state index is 12.8. The highest BCUT2D eigenvalue weighted by molar-refractivity contribution is 8.18. The minimum atomic E-state index is -0.367. The Morgan fingerprint density at radius 1 is 1.06 bits per heavy atom. The largest absolute Gasteiger partial charge is 0.462 e. The number of thioether (sulfide) groups is 1. The van der Waals surface area contributed by atoms with Crippen LogP contribution in [0.2, 0.25) is 5.02 Å². The zero-order valence-electron chi connectivity index (χ0n) is 18.5. The number of hydrogen-bond acceptors (Lipinski definition) is 6. The number of furan rings is 1. The number of imide groups is 1. The van der Waals surface area contributed by atoms with E-state index in [0.717, 1.165) is 35.7 Å². The van der Waals surface area contributed by atoms with Gasteiger partial charge in [-0.1, -0.05) is 49.2 Å². The van der Waals surface area contributed by atoms with Gasteiger partial charge in [-0.2, -0.15) is 0 Å². The number of ether oxygens (including phenoxy) is 1. The fourth-order valence-corrected chi connectivity index (χ4v) is 4.23. The van der Waals surface area contributed by atoms with E-state index in [4.69, 9.17) is 20.8 Å². The van der Waals surface area contributed by atoms with Crippen molar-refractivity contribution in [3.05, 3.63) is 87.5 Å². The standard InChI is InChI=1S/C26H22ClNO5S/c1-2-3-14-32-25(30)19-8-6-18(7-9-19)22-13-12-21(33-22)15-23-24(29)28(26(31)34-23)16-17-4-10-20(27)11-5-17/h4-13,15H,2-3,14,16H2,1H3/b23-15-. The average Bonchev–Trinajstić information content (AvgIpc) is 3.41. The summed E-state index contributed by atoms with van der Waals surface area (Å²) in [4.78, 5) is 38.7. The first-order valence-corrected chi connectivity index (χ1v) is 12.0. The SMILES string of the molecule is CCCCOC(=O)c1ccc(-c2ccc(/C=C3\SC(=O)N(Cc4ccc(Cl)cc4)C3=O)o2)cc1. The Balaban J connectivity index is 1.43. The van der Waals surface area contributed by atoms with Crippen LogP contribution in [0, 0.1) is 0 Å². The van der Waals surface area contributed by atoms with Crippen molar-refractivity contribution in [2.75, 3.05) is 6.61 Å². The topological polar surface area (TPSA) is 76.8 Å². The van der Waals surface area contributed by atoms with Gasteiger partial charge in [0.1, 0.15) is 11.5 Å². The Kier molecular flexibility index (Phi) is 7.55. The lowest BCUT2D eigenvalue weighted by molar-refractivity contribution is -0.123. The van der Waals surface area contributed by atoms with E-state index < -0.39 is 0 Å². The Labute approximate surface area is 206 Å². The lowest BCUT2D eigenvalue weighted by atomic mass is 10.1. The van der Waals surface area contributed by atoms with Crippen molar-refractivity contribution < 1.29 is 23.5 Å². The Morgan fingerprint density at radius 2 is 1.79 bits per heavy atom. The number of halogens is 1. The molecule has 0 N–H and O–H groups in total. The third-order valence-corrected chi connectivity index (χ3v) is 6.32. The average molecular weight is 496 g/mol. The van der Waals surface area contributed by atoms with Crippen LogP contribution < -0.4 is 0 Å². The molecule has 2 heterocycles. The highest BCUT2D eigenvalue weighted by Crippen LogP contribution is 2.34. The van der Waals surface area contributed by atoms with E-state index in [1.165, 1.54) is 4.90 Å². The monoisotopic (exact) mass is 495 g/mol. The maximum absolute atomic E-state index is 12.8. The number of hydrogen-bond donors (Lipinski definition) is 0. The van der Waals surface area contributed by atoms with E-state index in [2.05, 4.69) is 0 Å². The fraction of sp³-hybridized carbons (Fsp3) is 0.192. The van der Waals surface area contributed by atoms with Crippen LogP contribution in [0.15, 0.2) is 70.0 Å². The summed E-state index contributed by atoms with van der Waals surface area (Å²) in [6.45, 7) is 2.62. The molecule has 1 fully saturated rings. The predicted octanol–water partition coefficient (Wildman–Crippen LogP) is 6.79. The molecule has 1 aliphatic rings. The van der Waals surface area contributed by atoms with Crippen LogP contribution in [-0.2, 0) is 16.1 Å². The van der Waals surface area contributed by atoms with Gasteiger partial charge in [-0.3, -0.25) is 14.5 Å². The van der Waals surface area contributed by atoms with Gasteiger partial charge in [-0.05, 0) is 60.1 Å². The van der Waals surface area contributed by atoms with Crippen molar-refractivity contribution in [2.45, 2.75) is 26.3 Å². The third kappa shape index (κ3) is 5.61. The van der Waals surface area contributed by atoms with E-state index in [9.17, 15) is 14.4 Å². The van der Waals surface area contributed by atoms with Crippen LogP contribution in [0.1, 0.15) is 41.4 Å². The number of carbonyl (C=O) groups excluding carboxylic acids is 3. The normalized spacial score (nSPS) is 14.8. The fourth-order valence-electron chi connectivity index (χ4n) is 3.29. The Bertz CT molecular complexity index is 1230. The maximum Gasteiger partial charge on any atom is 0.338 e. The van der Waals surface area contributed by atoms with Crippen LogP contribution >= 0.6 is 23.4 Å². The molecule has 0 aliphatic carbocycles. The summed E-state index contributed by atoms with van der Waals surface area (Å²) < 4.78 is 11.1. The van der Waals surface area contributed by atoms with Crippen LogP contribution in [0.5, 0.6) is 0 Å². The molecule has 34 heavy (non-hydrogen) atoms. The second kappa shape index (κ2) is 10.8. The minimum Gasteiger partial charge on any atom is -0.462 e. The van der Waals surface area contributed by atoms with Gasteiger partial charge in [0.15, 0.2) is 0 Å². The van der Waals surface area contributed by atoms with E-state index >= 15 is 0 Å². The van der Waals surface area contributed by atoms with Crippen molar-refractivity contribution >= 4 is 46.6 Å². The van der Waals surface area contributed by atoms with E-state index in [1.54, 1.807) is 66.7 Å². The molecule has 174 valence electrons. The number of unbranched alkanes of at least 4 members (excludes halogenated alkanes) is 1. The highest BCUT2D eigenvalue weighted by Gasteiger charge is 2.35. The zero-order chi connectivity index (χ0) is 24.1. The van der Waals surface area contributed by atoms with Crippen molar-refractivity contribution in [2.24, 2.45) is 0 Å². The molecule has 3 aromatic rings. The molecule has 0 saturated carbocycles. The number of nitrogens with zero attached hydrogens (tertiary/aromatic N) is 1. The molecule has 0 bridgehead atoms. The van der Waals surface area contributed by atoms with Gasteiger partial charge in [0, 0.05) is 16.7 Å². The van der Waals surface area contributed by atoms with Gasteiger partial charge in [0.25, 0.3) is 11.1 Å². The van der Waals surface area contributed by atoms with Gasteiger partial charge in [-0.15, -0.1) is 0 Å². The number of carbonyl (C=O) groups is 3. The van der Waals surface area contributed by atoms with Crippen molar-refractivity contribution in [1.29, 1.82) is 0 Å². The molecule has 0 unspecified atom stereocenters. The molecular weight excluding hydrogens is 474 g/mol. The molecule has 0 radical (unpaired) electrons. The number of amides is 2. The van der Waals surface area contributed by atoms with E-state index in [-0.39, 0.29) is 23.7 Å². The van der Waals surface area contributed by atoms with Gasteiger partial charge in [0.2, 0.25) is 0 Å². The number of benzene rings is 2. The van der Waals surface area contributed by atoms with Gasteiger partial charge in [0.05, 0.1) is 23.6 Å². The molecule has 6 nitrogen and oxygen atoms in total. The van der Waals surface area contributed by atoms with Crippen LogP contribution in [0.4, 0.5) is 4.79 Å². The van der Waals surface area contributed by atoms with Crippen LogP contribution in [0.25, 0.3) is 17.4 Å². The summed E-state index contributed by atoms with van der Waals surface area (Å²) >= 11 is 6.78. The van der Waals surface area contributed by atoms with Crippen LogP contribution in [-0.4, -0.2) is 28.6 Å². The molecular formula is C26H22ClNO5S. The molecule has 2 amide bonds. The summed E-state index contributed by atoms with van der Waals surface area (Å²) in [6, 6.07) is 17.4. The van der Waals surface area contributed by atoms with Gasteiger partial charge < -0.3 is 9.15 Å². The molecule has 1 aromatic heterocycles. The molecule has 2 aromatic carbocycles. The van der Waals surface area contributed by atoms with E-state index in [1.807, 2.05) is 6.92 Å². The quantitative estimate of drug-likeness (QED) is 0.194. The first-order chi connectivity index (χ1) is 16.4. The Morgan fingerprint density at radius 3 is 2.50 bits per heavy atom. The third-order valence-electron chi connectivity index (χ3n) is 5.16. The first kappa shape index (κ1) is 23.9. The minimum absolute atomic E-state index is 0.176. The van der Waals surface area contributed by atoms with Crippen molar-refractivity contribution in [3.8, 4) is 11.3 Å². The molecule has 8 heteroatoms. The van der Waals surface area contributed by atoms with Gasteiger partial charge >= 0.3 is 5.97 Å². The highest BCUT2D eigenvalue weighted by atomic mass is 35.5. The number of esters is 1. The zero-order valence-corrected chi connectivity index (χ0v) is 20.0. The smallest absolute Gasteiger partial charge is 0.338 e. The molecule has 0 atom stereocenters. The predicted molar refractivity (Wildman–Crippen MR) is 132 cm³/mol. The second-order valence-electron chi connectivity index (χ2n) is 7.66. The molecule has 1 saturated heterocycles. The molecule has 1 aliphatic heterocycles. The molecule has 0 spiro atoms. The Hall–Kier alpha value is -3.29. The summed E-state index contributed by atoms with van der Waals surface area (Å²) in [7, 11) is 0.